The summed E-state index contributed by atoms with van der Waals surface area (Å²) in [6.45, 7) is 0. The van der Waals surface area contributed by atoms with E-state index in [1.807, 2.05) is 146 Å². The fourth-order valence-corrected chi connectivity index (χ4v) is 7.25. The Balaban J connectivity index is 1.29. The molecule has 14 heteroatoms. The molecule has 0 spiro atoms. The second-order valence-electron chi connectivity index (χ2n) is 13.2. The molecular formula is C42H30B4O10. The number of benzene rings is 6. The molecule has 0 atom stereocenters. The van der Waals surface area contributed by atoms with Gasteiger partial charge in [0.15, 0.2) is 0 Å². The zero-order valence-electron chi connectivity index (χ0n) is 30.2. The lowest BCUT2D eigenvalue weighted by Crippen LogP contribution is -2.43. The van der Waals surface area contributed by atoms with Crippen molar-refractivity contribution in [1.29, 1.82) is 0 Å². The van der Waals surface area contributed by atoms with Crippen LogP contribution < -0.4 is 46.7 Å². The molecule has 10 rings (SSSR count). The first-order valence-electron chi connectivity index (χ1n) is 18.1. The maximum absolute atomic E-state index is 6.75. The number of fused-ring (bicyclic) bond motifs is 4. The average molecular weight is 738 g/mol. The van der Waals surface area contributed by atoms with Gasteiger partial charge in [-0.25, -0.2) is 0 Å². The van der Waals surface area contributed by atoms with Crippen LogP contribution in [0.5, 0.6) is 57.5 Å². The van der Waals surface area contributed by atoms with E-state index in [-0.39, 0.29) is 0 Å². The quantitative estimate of drug-likeness (QED) is 0.108. The van der Waals surface area contributed by atoms with Crippen LogP contribution in [0.4, 0.5) is 0 Å². The van der Waals surface area contributed by atoms with Crippen LogP contribution in [-0.2, 0) is 0 Å². The van der Waals surface area contributed by atoms with E-state index in [2.05, 4.69) is 0 Å². The molecule has 0 radical (unpaired) electrons. The van der Waals surface area contributed by atoms with E-state index in [0.29, 0.717) is 79.4 Å². The van der Waals surface area contributed by atoms with Gasteiger partial charge in [-0.2, -0.15) is 0 Å². The first kappa shape index (κ1) is 33.6. The van der Waals surface area contributed by atoms with Crippen molar-refractivity contribution in [3.8, 4) is 57.5 Å². The van der Waals surface area contributed by atoms with Gasteiger partial charge in [0.2, 0.25) is 0 Å². The summed E-state index contributed by atoms with van der Waals surface area (Å²) >= 11 is 0. The Labute approximate surface area is 324 Å². The molecule has 0 N–H and O–H groups in total. The molecule has 0 bridgehead atoms. The van der Waals surface area contributed by atoms with E-state index in [1.165, 1.54) is 0 Å². The zero-order chi connectivity index (χ0) is 37.6. The zero-order valence-corrected chi connectivity index (χ0v) is 30.2. The lowest BCUT2D eigenvalue weighted by molar-refractivity contribution is 0.414. The van der Waals surface area contributed by atoms with Crippen LogP contribution in [0.15, 0.2) is 157 Å². The average Bonchev–Trinajstić information content (AvgIpc) is 4.06. The smallest absolute Gasteiger partial charge is 0.519 e. The van der Waals surface area contributed by atoms with Gasteiger partial charge < -0.3 is 46.7 Å². The third kappa shape index (κ3) is 5.99. The molecule has 0 aromatic heterocycles. The first-order valence-corrected chi connectivity index (χ1v) is 18.1. The number of para-hydroxylation sites is 8. The fourth-order valence-electron chi connectivity index (χ4n) is 7.25. The monoisotopic (exact) mass is 738 g/mol. The molecule has 6 aromatic rings. The van der Waals surface area contributed by atoms with Crippen molar-refractivity contribution in [2.75, 3.05) is 14.2 Å². The normalized spacial score (nSPS) is 15.1. The fraction of sp³-hybridized carbons (Fsp3) is 0.0476. The van der Waals surface area contributed by atoms with E-state index in [4.69, 9.17) is 46.7 Å². The van der Waals surface area contributed by atoms with Gasteiger partial charge in [0.05, 0.1) is 14.2 Å². The summed E-state index contributed by atoms with van der Waals surface area (Å²) in [5, 5.41) is 0. The number of hydrogen-bond acceptors (Lipinski definition) is 10. The van der Waals surface area contributed by atoms with Gasteiger partial charge in [0.25, 0.3) is 0 Å². The summed E-state index contributed by atoms with van der Waals surface area (Å²) < 4.78 is 64.8. The minimum Gasteiger partial charge on any atom is -0.519 e. The van der Waals surface area contributed by atoms with E-state index in [9.17, 15) is 0 Å². The van der Waals surface area contributed by atoms with Gasteiger partial charge in [-0.15, -0.1) is 0 Å². The van der Waals surface area contributed by atoms with Crippen LogP contribution in [0.2, 0.25) is 0 Å². The summed E-state index contributed by atoms with van der Waals surface area (Å²) in [6, 6.07) is 45.4. The lowest BCUT2D eigenvalue weighted by atomic mass is 9.50. The van der Waals surface area contributed by atoms with Crippen molar-refractivity contribution in [2.24, 2.45) is 0 Å². The van der Waals surface area contributed by atoms with Crippen LogP contribution in [0, 0.1) is 0 Å². The lowest BCUT2D eigenvalue weighted by Gasteiger charge is -2.25. The van der Waals surface area contributed by atoms with E-state index in [1.54, 1.807) is 14.2 Å². The molecule has 0 aliphatic carbocycles. The molecular weight excluding hydrogens is 708 g/mol. The van der Waals surface area contributed by atoms with Crippen molar-refractivity contribution >= 4 is 39.4 Å². The van der Waals surface area contributed by atoms with Crippen molar-refractivity contribution in [3.63, 3.8) is 0 Å². The van der Waals surface area contributed by atoms with Crippen LogP contribution in [-0.4, -0.2) is 42.7 Å². The second-order valence-corrected chi connectivity index (χ2v) is 13.2. The summed E-state index contributed by atoms with van der Waals surface area (Å²) in [4.78, 5) is 0. The Morgan fingerprint density at radius 1 is 0.321 bits per heavy atom. The molecule has 4 aliphatic heterocycles. The standard InChI is InChI=1S/C42H30B4O10/c1-47-29-23-19-27(20-24-29)39(43-49-31-11-3-4-12-32(31)50-43)41(45-53-35-15-7-8-16-36(35)54-45)42(46-55-37-17-9-10-18-38(37)56-46)40(28-21-25-30(48-2)26-22-28)44-51-33-13-5-6-14-34(33)52-44/h3-26H,1-2H3/b41-39-,42-40-. The Bertz CT molecular complexity index is 2230. The predicted octanol–water partition coefficient (Wildman–Crippen LogP) is 7.91. The highest BCUT2D eigenvalue weighted by Crippen LogP contribution is 2.48. The molecule has 4 heterocycles. The van der Waals surface area contributed by atoms with Crippen molar-refractivity contribution < 1.29 is 46.7 Å². The summed E-state index contributed by atoms with van der Waals surface area (Å²) in [6.07, 6.45) is 0. The van der Waals surface area contributed by atoms with Crippen LogP contribution in [0.1, 0.15) is 11.1 Å². The molecule has 0 saturated carbocycles. The summed E-state index contributed by atoms with van der Waals surface area (Å²) in [7, 11) is -0.840. The van der Waals surface area contributed by atoms with E-state index < -0.39 is 28.5 Å². The van der Waals surface area contributed by atoms with E-state index >= 15 is 0 Å². The van der Waals surface area contributed by atoms with Gasteiger partial charge in [-0.05, 0) is 83.9 Å². The number of hydrogen-bond donors (Lipinski definition) is 0. The van der Waals surface area contributed by atoms with Crippen LogP contribution in [0.3, 0.4) is 0 Å². The molecule has 0 fully saturated rings. The molecule has 4 aliphatic rings. The highest BCUT2D eigenvalue weighted by molar-refractivity contribution is 6.82. The van der Waals surface area contributed by atoms with Crippen LogP contribution in [0.25, 0.3) is 10.9 Å². The highest BCUT2D eigenvalue weighted by atomic mass is 16.7. The van der Waals surface area contributed by atoms with Crippen LogP contribution >= 0.6 is 0 Å². The molecule has 0 saturated heterocycles. The van der Waals surface area contributed by atoms with E-state index in [0.717, 1.165) is 11.1 Å². The minimum atomic E-state index is -1.07. The number of rotatable bonds is 9. The maximum Gasteiger partial charge on any atom is 0.633 e. The Hall–Kier alpha value is -6.94. The van der Waals surface area contributed by atoms with Crippen molar-refractivity contribution in [1.82, 2.24) is 0 Å². The topological polar surface area (TPSA) is 92.3 Å². The SMILES string of the molecule is COc1ccc(/C(B2Oc3ccccc3O2)=C(B2Oc3ccccc3O2)\C(B2Oc3ccccc3O2)=C(\B2Oc3ccccc3O2)c2ccc(OC)cc2)cc1. The summed E-state index contributed by atoms with van der Waals surface area (Å²) in [5.74, 6) is 5.91. The largest absolute Gasteiger partial charge is 0.633 e. The molecule has 56 heavy (non-hydrogen) atoms. The van der Waals surface area contributed by atoms with Gasteiger partial charge >= 0.3 is 28.5 Å². The third-order valence-corrected chi connectivity index (χ3v) is 9.88. The molecule has 6 aromatic carbocycles. The van der Waals surface area contributed by atoms with Gasteiger partial charge in [0.1, 0.15) is 57.5 Å². The Morgan fingerprint density at radius 2 is 0.554 bits per heavy atom. The molecule has 10 nitrogen and oxygen atoms in total. The van der Waals surface area contributed by atoms with Crippen molar-refractivity contribution in [2.45, 2.75) is 0 Å². The first-order chi connectivity index (χ1) is 27.6. The maximum atomic E-state index is 6.75. The number of methoxy groups -OCH3 is 2. The van der Waals surface area contributed by atoms with Gasteiger partial charge in [0, 0.05) is 21.9 Å². The molecule has 0 unspecified atom stereocenters. The minimum absolute atomic E-state index is 0.510. The highest BCUT2D eigenvalue weighted by Gasteiger charge is 2.55. The Morgan fingerprint density at radius 3 is 0.786 bits per heavy atom. The molecule has 0 amide bonds. The third-order valence-electron chi connectivity index (χ3n) is 9.88. The van der Waals surface area contributed by atoms with Gasteiger partial charge in [-0.3, -0.25) is 0 Å². The Kier molecular flexibility index (Phi) is 8.43. The second kappa shape index (κ2) is 14.0. The molecule has 270 valence electrons. The summed E-state index contributed by atoms with van der Waals surface area (Å²) in [5.41, 5.74) is 3.66. The van der Waals surface area contributed by atoms with Crippen molar-refractivity contribution in [3.05, 3.63) is 168 Å². The number of allylic oxidation sites excluding steroid dienone is 2. The number of ether oxygens (including phenoxy) is 2. The predicted molar refractivity (Wildman–Crippen MR) is 214 cm³/mol. The van der Waals surface area contributed by atoms with Gasteiger partial charge in [-0.1, -0.05) is 72.8 Å².